The number of H-pyrrole nitrogens is 1. The van der Waals surface area contributed by atoms with E-state index in [9.17, 15) is 9.90 Å². The number of fused-ring (bicyclic) bond motifs is 3. The van der Waals surface area contributed by atoms with Gasteiger partial charge in [0.2, 0.25) is 0 Å². The maximum Gasteiger partial charge on any atom is 0.254 e. The molecule has 5 nitrogen and oxygen atoms in total. The van der Waals surface area contributed by atoms with E-state index < -0.39 is 5.60 Å². The largest absolute Gasteiger partial charge is 0.379 e. The van der Waals surface area contributed by atoms with Crippen LogP contribution in [0, 0.1) is 0 Å². The number of aliphatic hydroxyl groups is 1. The summed E-state index contributed by atoms with van der Waals surface area (Å²) in [7, 11) is 1.81. The average Bonchev–Trinajstić information content (AvgIpc) is 3.17. The Morgan fingerprint density at radius 3 is 2.87 bits per heavy atom. The summed E-state index contributed by atoms with van der Waals surface area (Å²) < 4.78 is 0. The number of nitrogens with one attached hydrogen (secondary N) is 1. The van der Waals surface area contributed by atoms with Crippen LogP contribution in [0.3, 0.4) is 0 Å². The van der Waals surface area contributed by atoms with E-state index in [1.54, 1.807) is 24.3 Å². The highest BCUT2D eigenvalue weighted by molar-refractivity contribution is 6.04. The second kappa shape index (κ2) is 4.67. The van der Waals surface area contributed by atoms with Crippen molar-refractivity contribution in [3.63, 3.8) is 0 Å². The molecule has 1 aliphatic rings. The van der Waals surface area contributed by atoms with Crippen molar-refractivity contribution in [2.45, 2.75) is 19.1 Å². The van der Waals surface area contributed by atoms with Gasteiger partial charge in [-0.25, -0.2) is 4.98 Å². The third kappa shape index (κ3) is 1.97. The summed E-state index contributed by atoms with van der Waals surface area (Å²) in [4.78, 5) is 20.9. The highest BCUT2D eigenvalue weighted by Gasteiger charge is 2.29. The maximum absolute atomic E-state index is 12.1. The molecule has 0 bridgehead atoms. The lowest BCUT2D eigenvalue weighted by Crippen LogP contribution is -2.23. The monoisotopic (exact) mass is 307 g/mol. The number of amides is 1. The second-order valence-electron chi connectivity index (χ2n) is 6.22. The minimum Gasteiger partial charge on any atom is -0.379 e. The number of rotatable bonds is 2. The Balaban J connectivity index is 1.86. The SMILES string of the molecule is CN1Cc2c(ccc3cc(C(C)(O)c4c[nH]cn4)ccc23)C1=O. The quantitative estimate of drug-likeness (QED) is 0.764. The van der Waals surface area contributed by atoms with Crippen LogP contribution in [0.15, 0.2) is 42.9 Å². The molecule has 2 aromatic carbocycles. The standard InChI is InChI=1S/C18H17N3O2/c1-18(23,16-8-19-10-20-16)12-4-6-13-11(7-12)3-5-14-15(13)9-21(2)17(14)22/h3-8,10,23H,9H2,1-2H3,(H,19,20). The molecule has 0 spiro atoms. The molecule has 2 N–H and O–H groups in total. The normalized spacial score (nSPS) is 16.7. The first kappa shape index (κ1) is 14.0. The molecule has 5 heteroatoms. The van der Waals surface area contributed by atoms with Gasteiger partial charge < -0.3 is 15.0 Å². The van der Waals surface area contributed by atoms with Crippen molar-refractivity contribution in [3.05, 3.63) is 65.2 Å². The van der Waals surface area contributed by atoms with Gasteiger partial charge in [-0.2, -0.15) is 0 Å². The first-order valence-corrected chi connectivity index (χ1v) is 7.51. The number of benzene rings is 2. The van der Waals surface area contributed by atoms with E-state index in [1.165, 1.54) is 0 Å². The van der Waals surface area contributed by atoms with Crippen LogP contribution in [-0.2, 0) is 12.1 Å². The van der Waals surface area contributed by atoms with Crippen LogP contribution in [0.4, 0.5) is 0 Å². The summed E-state index contributed by atoms with van der Waals surface area (Å²) in [6.07, 6.45) is 3.25. The summed E-state index contributed by atoms with van der Waals surface area (Å²) >= 11 is 0. The highest BCUT2D eigenvalue weighted by atomic mass is 16.3. The predicted octanol–water partition coefficient (Wildman–Crippen LogP) is 2.40. The van der Waals surface area contributed by atoms with Crippen molar-refractivity contribution < 1.29 is 9.90 Å². The van der Waals surface area contributed by atoms with Gasteiger partial charge >= 0.3 is 0 Å². The lowest BCUT2D eigenvalue weighted by atomic mass is 9.90. The lowest BCUT2D eigenvalue weighted by molar-refractivity contribution is 0.0816. The van der Waals surface area contributed by atoms with Crippen LogP contribution in [0.1, 0.15) is 34.1 Å². The lowest BCUT2D eigenvalue weighted by Gasteiger charge is -2.22. The molecule has 116 valence electrons. The summed E-state index contributed by atoms with van der Waals surface area (Å²) in [6.45, 7) is 2.36. The molecule has 0 saturated heterocycles. The molecule has 23 heavy (non-hydrogen) atoms. The number of hydrogen-bond acceptors (Lipinski definition) is 3. The molecule has 3 aromatic rings. The van der Waals surface area contributed by atoms with Gasteiger partial charge in [0, 0.05) is 25.4 Å². The average molecular weight is 307 g/mol. The van der Waals surface area contributed by atoms with E-state index in [1.807, 2.05) is 37.4 Å². The Kier molecular flexibility index (Phi) is 2.83. The Hall–Kier alpha value is -2.66. The van der Waals surface area contributed by atoms with Crippen molar-refractivity contribution in [3.8, 4) is 0 Å². The van der Waals surface area contributed by atoms with Gasteiger partial charge in [-0.15, -0.1) is 0 Å². The van der Waals surface area contributed by atoms with Crippen molar-refractivity contribution >= 4 is 16.7 Å². The molecule has 0 fully saturated rings. The highest BCUT2D eigenvalue weighted by Crippen LogP contribution is 2.34. The van der Waals surface area contributed by atoms with Crippen LogP contribution in [0.25, 0.3) is 10.8 Å². The maximum atomic E-state index is 12.1. The van der Waals surface area contributed by atoms with Gasteiger partial charge in [0.25, 0.3) is 5.91 Å². The first-order valence-electron chi connectivity index (χ1n) is 7.51. The predicted molar refractivity (Wildman–Crippen MR) is 87.0 cm³/mol. The van der Waals surface area contributed by atoms with Crippen molar-refractivity contribution in [1.82, 2.24) is 14.9 Å². The van der Waals surface area contributed by atoms with Crippen molar-refractivity contribution in [1.29, 1.82) is 0 Å². The van der Waals surface area contributed by atoms with E-state index in [0.29, 0.717) is 12.2 Å². The first-order chi connectivity index (χ1) is 11.0. The molecule has 0 aliphatic carbocycles. The van der Waals surface area contributed by atoms with Crippen LogP contribution < -0.4 is 0 Å². The zero-order valence-corrected chi connectivity index (χ0v) is 13.0. The Labute approximate surface area is 133 Å². The molecule has 1 aromatic heterocycles. The number of imidazole rings is 1. The Morgan fingerprint density at radius 1 is 1.30 bits per heavy atom. The van der Waals surface area contributed by atoms with E-state index in [4.69, 9.17) is 0 Å². The van der Waals surface area contributed by atoms with Gasteiger partial charge in [0.1, 0.15) is 5.60 Å². The zero-order chi connectivity index (χ0) is 16.2. The molecule has 1 aliphatic heterocycles. The van der Waals surface area contributed by atoms with E-state index >= 15 is 0 Å². The number of aromatic amines is 1. The van der Waals surface area contributed by atoms with Gasteiger partial charge in [-0.3, -0.25) is 4.79 Å². The summed E-state index contributed by atoms with van der Waals surface area (Å²) in [6, 6.07) is 9.66. The molecule has 0 radical (unpaired) electrons. The zero-order valence-electron chi connectivity index (χ0n) is 13.0. The molecule has 1 amide bonds. The summed E-state index contributed by atoms with van der Waals surface area (Å²) in [5.74, 6) is 0.0643. The van der Waals surface area contributed by atoms with E-state index in [-0.39, 0.29) is 5.91 Å². The third-order valence-corrected chi connectivity index (χ3v) is 4.66. The van der Waals surface area contributed by atoms with Gasteiger partial charge in [0.15, 0.2) is 0 Å². The third-order valence-electron chi connectivity index (χ3n) is 4.66. The minimum absolute atomic E-state index is 0.0643. The van der Waals surface area contributed by atoms with Gasteiger partial charge in [-0.1, -0.05) is 18.2 Å². The smallest absolute Gasteiger partial charge is 0.254 e. The fraction of sp³-hybridized carbons (Fsp3) is 0.222. The topological polar surface area (TPSA) is 69.2 Å². The molecular formula is C18H17N3O2. The summed E-state index contributed by atoms with van der Waals surface area (Å²) in [5.41, 5.74) is 2.01. The molecular weight excluding hydrogens is 290 g/mol. The molecule has 4 rings (SSSR count). The van der Waals surface area contributed by atoms with Crippen LogP contribution in [0.2, 0.25) is 0 Å². The van der Waals surface area contributed by atoms with E-state index in [2.05, 4.69) is 9.97 Å². The van der Waals surface area contributed by atoms with Gasteiger partial charge in [0.05, 0.1) is 12.0 Å². The second-order valence-corrected chi connectivity index (χ2v) is 6.22. The number of carbonyl (C=O) groups is 1. The number of aromatic nitrogens is 2. The Morgan fingerprint density at radius 2 is 2.13 bits per heavy atom. The summed E-state index contributed by atoms with van der Waals surface area (Å²) in [5, 5.41) is 12.9. The van der Waals surface area contributed by atoms with Crippen molar-refractivity contribution in [2.75, 3.05) is 7.05 Å². The number of carbonyl (C=O) groups excluding carboxylic acids is 1. The van der Waals surface area contributed by atoms with Crippen molar-refractivity contribution in [2.24, 2.45) is 0 Å². The Bertz CT molecular complexity index is 913. The number of hydrogen-bond donors (Lipinski definition) is 2. The van der Waals surface area contributed by atoms with Crippen LogP contribution >= 0.6 is 0 Å². The van der Waals surface area contributed by atoms with Crippen LogP contribution in [-0.4, -0.2) is 32.9 Å². The number of nitrogens with zero attached hydrogens (tertiary/aromatic N) is 2. The fourth-order valence-electron chi connectivity index (χ4n) is 3.26. The minimum atomic E-state index is -1.17. The molecule has 0 saturated carbocycles. The molecule has 2 heterocycles. The van der Waals surface area contributed by atoms with E-state index in [0.717, 1.165) is 27.5 Å². The fourth-order valence-corrected chi connectivity index (χ4v) is 3.26. The molecule has 1 atom stereocenters. The van der Waals surface area contributed by atoms with Crippen LogP contribution in [0.5, 0.6) is 0 Å². The van der Waals surface area contributed by atoms with Gasteiger partial charge in [-0.05, 0) is 41.0 Å². The molecule has 1 unspecified atom stereocenters.